The number of nitrogens with zero attached hydrogens (tertiary/aromatic N) is 1. The zero-order valence-electron chi connectivity index (χ0n) is 10.2. The second-order valence-electron chi connectivity index (χ2n) is 4.82. The summed E-state index contributed by atoms with van der Waals surface area (Å²) in [6, 6.07) is 5.21. The molecule has 0 radical (unpaired) electrons. The van der Waals surface area contributed by atoms with Crippen LogP contribution in [0.1, 0.15) is 24.0 Å². The summed E-state index contributed by atoms with van der Waals surface area (Å²) >= 11 is 5.42. The highest BCUT2D eigenvalue weighted by Gasteiger charge is 2.36. The molecule has 19 heavy (non-hydrogen) atoms. The Hall–Kier alpha value is -1.95. The molecule has 0 saturated carbocycles. The van der Waals surface area contributed by atoms with Gasteiger partial charge in [-0.2, -0.15) is 0 Å². The topological polar surface area (TPSA) is 75.4 Å². The summed E-state index contributed by atoms with van der Waals surface area (Å²) in [5.41, 5.74) is 8.44. The molecule has 3 rings (SSSR count). The maximum absolute atomic E-state index is 11.9. The lowest BCUT2D eigenvalue weighted by Crippen LogP contribution is -2.52. The third kappa shape index (κ3) is 1.98. The van der Waals surface area contributed by atoms with Crippen molar-refractivity contribution in [2.75, 3.05) is 5.73 Å². The van der Waals surface area contributed by atoms with E-state index in [2.05, 4.69) is 5.32 Å². The number of anilines is 1. The van der Waals surface area contributed by atoms with Gasteiger partial charge in [0, 0.05) is 24.2 Å². The quantitative estimate of drug-likeness (QED) is 0.445. The molecular formula is C13H13N3O2S. The summed E-state index contributed by atoms with van der Waals surface area (Å²) in [4.78, 5) is 25.6. The molecule has 1 fully saturated rings. The Morgan fingerprint density at radius 2 is 2.16 bits per heavy atom. The maximum atomic E-state index is 11.9. The van der Waals surface area contributed by atoms with Crippen molar-refractivity contribution in [2.24, 2.45) is 0 Å². The molecule has 2 aliphatic heterocycles. The lowest BCUT2D eigenvalue weighted by atomic mass is 10.0. The molecule has 6 heteroatoms. The van der Waals surface area contributed by atoms with Gasteiger partial charge in [-0.05, 0) is 30.2 Å². The monoisotopic (exact) mass is 275 g/mol. The number of thiocarbonyl (C=S) groups is 1. The molecule has 2 heterocycles. The van der Waals surface area contributed by atoms with Crippen LogP contribution in [0.5, 0.6) is 0 Å². The molecule has 0 aliphatic carbocycles. The van der Waals surface area contributed by atoms with E-state index in [9.17, 15) is 9.59 Å². The molecular weight excluding hydrogens is 262 g/mol. The van der Waals surface area contributed by atoms with Gasteiger partial charge < -0.3 is 10.6 Å². The number of fused-ring (bicyclic) bond motifs is 1. The molecule has 5 nitrogen and oxygen atoms in total. The highest BCUT2D eigenvalue weighted by molar-refractivity contribution is 7.80. The third-order valence-corrected chi connectivity index (χ3v) is 4.00. The number of nitrogens with two attached hydrogens (primary N) is 1. The van der Waals surface area contributed by atoms with Crippen LogP contribution in [0.2, 0.25) is 0 Å². The normalized spacial score (nSPS) is 22.4. The number of imide groups is 1. The number of piperidine rings is 1. The van der Waals surface area contributed by atoms with Crippen molar-refractivity contribution in [2.45, 2.75) is 25.4 Å². The van der Waals surface area contributed by atoms with Crippen molar-refractivity contribution in [1.82, 2.24) is 10.2 Å². The average molecular weight is 275 g/mol. The third-order valence-electron chi connectivity index (χ3n) is 3.55. The van der Waals surface area contributed by atoms with Crippen LogP contribution in [0, 0.1) is 0 Å². The summed E-state index contributed by atoms with van der Waals surface area (Å²) in [6.45, 7) is 0.575. The van der Waals surface area contributed by atoms with Crippen molar-refractivity contribution in [1.29, 1.82) is 0 Å². The van der Waals surface area contributed by atoms with E-state index in [1.54, 1.807) is 6.07 Å². The van der Waals surface area contributed by atoms with Crippen molar-refractivity contribution >= 4 is 34.7 Å². The van der Waals surface area contributed by atoms with Gasteiger partial charge in [-0.1, -0.05) is 12.2 Å². The van der Waals surface area contributed by atoms with Gasteiger partial charge in [-0.3, -0.25) is 14.9 Å². The first-order chi connectivity index (χ1) is 9.06. The smallest absolute Gasteiger partial charge is 0.249 e. The maximum Gasteiger partial charge on any atom is 0.249 e. The molecule has 2 amide bonds. The number of hydrogen-bond acceptors (Lipinski definition) is 4. The molecule has 3 N–H and O–H groups in total. The fourth-order valence-corrected chi connectivity index (χ4v) is 2.99. The van der Waals surface area contributed by atoms with E-state index in [-0.39, 0.29) is 17.9 Å². The largest absolute Gasteiger partial charge is 0.399 e. The van der Waals surface area contributed by atoms with Crippen LogP contribution in [0.4, 0.5) is 5.69 Å². The van der Waals surface area contributed by atoms with E-state index >= 15 is 0 Å². The van der Waals surface area contributed by atoms with Gasteiger partial charge in [0.25, 0.3) is 0 Å². The van der Waals surface area contributed by atoms with Gasteiger partial charge in [0.1, 0.15) is 11.0 Å². The number of benzene rings is 1. The lowest BCUT2D eigenvalue weighted by molar-refractivity contribution is -0.136. The van der Waals surface area contributed by atoms with E-state index in [1.165, 1.54) is 0 Å². The first-order valence-electron chi connectivity index (χ1n) is 6.09. The van der Waals surface area contributed by atoms with Crippen LogP contribution < -0.4 is 11.1 Å². The standard InChI is InChI=1S/C13H13N3O2S/c14-8-1-2-9-7(5-8)6-16(13(9)19)10-3-4-11(17)15-12(10)18/h1-2,5,10H,3-4,6,14H2,(H,15,17,18)/t10-/m0/s1. The number of rotatable bonds is 1. The van der Waals surface area contributed by atoms with Crippen LogP contribution in [0.25, 0.3) is 0 Å². The minimum atomic E-state index is -0.362. The molecule has 1 aromatic rings. The summed E-state index contributed by atoms with van der Waals surface area (Å²) in [5, 5.41) is 2.36. The molecule has 1 atom stereocenters. The van der Waals surface area contributed by atoms with Gasteiger partial charge in [0.2, 0.25) is 11.8 Å². The molecule has 0 spiro atoms. The fourth-order valence-electron chi connectivity index (χ4n) is 2.59. The zero-order chi connectivity index (χ0) is 13.6. The number of nitrogens with one attached hydrogen (secondary N) is 1. The van der Waals surface area contributed by atoms with Gasteiger partial charge >= 0.3 is 0 Å². The van der Waals surface area contributed by atoms with E-state index in [1.807, 2.05) is 17.0 Å². The van der Waals surface area contributed by atoms with Crippen LogP contribution in [0.3, 0.4) is 0 Å². The van der Waals surface area contributed by atoms with Gasteiger partial charge in [-0.25, -0.2) is 0 Å². The predicted octanol–water partition coefficient (Wildman–Crippen LogP) is 0.565. The van der Waals surface area contributed by atoms with Crippen molar-refractivity contribution in [3.8, 4) is 0 Å². The van der Waals surface area contributed by atoms with Crippen LogP contribution in [0.15, 0.2) is 18.2 Å². The van der Waals surface area contributed by atoms with E-state index in [0.29, 0.717) is 30.1 Å². The van der Waals surface area contributed by atoms with E-state index in [4.69, 9.17) is 18.0 Å². The Morgan fingerprint density at radius 1 is 1.37 bits per heavy atom. The first-order valence-corrected chi connectivity index (χ1v) is 6.50. The first kappa shape index (κ1) is 12.1. The summed E-state index contributed by atoms with van der Waals surface area (Å²) < 4.78 is 0. The summed E-state index contributed by atoms with van der Waals surface area (Å²) in [7, 11) is 0. The van der Waals surface area contributed by atoms with Crippen molar-refractivity contribution < 1.29 is 9.59 Å². The number of nitrogen functional groups attached to an aromatic ring is 1. The second-order valence-corrected chi connectivity index (χ2v) is 5.20. The zero-order valence-corrected chi connectivity index (χ0v) is 11.0. The molecule has 98 valence electrons. The Morgan fingerprint density at radius 3 is 2.89 bits per heavy atom. The number of carbonyl (C=O) groups is 2. The van der Waals surface area contributed by atoms with Crippen molar-refractivity contribution in [3.63, 3.8) is 0 Å². The van der Waals surface area contributed by atoms with Gasteiger partial charge in [0.15, 0.2) is 0 Å². The molecule has 0 unspecified atom stereocenters. The Balaban J connectivity index is 1.87. The predicted molar refractivity (Wildman–Crippen MR) is 74.3 cm³/mol. The summed E-state index contributed by atoms with van der Waals surface area (Å²) in [5.74, 6) is -0.479. The highest BCUT2D eigenvalue weighted by Crippen LogP contribution is 2.29. The van der Waals surface area contributed by atoms with E-state index in [0.717, 1.165) is 11.1 Å². The van der Waals surface area contributed by atoms with E-state index < -0.39 is 0 Å². The lowest BCUT2D eigenvalue weighted by Gasteiger charge is -2.30. The number of carbonyl (C=O) groups excluding carboxylic acids is 2. The van der Waals surface area contributed by atoms with Gasteiger partial charge in [0.05, 0.1) is 0 Å². The van der Waals surface area contributed by atoms with Crippen LogP contribution in [-0.2, 0) is 16.1 Å². The molecule has 0 aromatic heterocycles. The van der Waals surface area contributed by atoms with Crippen molar-refractivity contribution in [3.05, 3.63) is 29.3 Å². The number of amides is 2. The summed E-state index contributed by atoms with van der Waals surface area (Å²) in [6.07, 6.45) is 0.863. The Bertz CT molecular complexity index is 600. The minimum Gasteiger partial charge on any atom is -0.399 e. The van der Waals surface area contributed by atoms with Gasteiger partial charge in [-0.15, -0.1) is 0 Å². The van der Waals surface area contributed by atoms with Crippen LogP contribution >= 0.6 is 12.2 Å². The molecule has 2 aliphatic rings. The highest BCUT2D eigenvalue weighted by atomic mass is 32.1. The van der Waals surface area contributed by atoms with Crippen LogP contribution in [-0.4, -0.2) is 27.7 Å². The average Bonchev–Trinajstić information content (AvgIpc) is 2.66. The second kappa shape index (κ2) is 4.31. The molecule has 1 saturated heterocycles. The SMILES string of the molecule is Nc1ccc2c(c1)CN([C@H]1CCC(=O)NC1=O)C2=S. The minimum absolute atomic E-state index is 0.215. The fraction of sp³-hybridized carbons (Fsp3) is 0.308. The molecule has 1 aromatic carbocycles. The Kier molecular flexibility index (Phi) is 2.74. The molecule has 0 bridgehead atoms. The number of hydrogen-bond donors (Lipinski definition) is 2. The Labute approximate surface area is 115 Å².